The average Bonchev–Trinajstić information content (AvgIpc) is 2.15. The molecule has 0 saturated heterocycles. The number of ketones is 1. The summed E-state index contributed by atoms with van der Waals surface area (Å²) in [5.41, 5.74) is 1.30. The summed E-state index contributed by atoms with van der Waals surface area (Å²) >= 11 is 3.19. The molecular formula is C10H8BrNO. The number of alkyl halides is 1. The van der Waals surface area contributed by atoms with E-state index in [1.54, 1.807) is 18.3 Å². The predicted octanol–water partition coefficient (Wildman–Crippen LogP) is 2.03. The molecule has 0 amide bonds. The van der Waals surface area contributed by atoms with Crippen LogP contribution in [0.15, 0.2) is 18.3 Å². The van der Waals surface area contributed by atoms with E-state index in [2.05, 4.69) is 32.8 Å². The predicted molar refractivity (Wildman–Crippen MR) is 54.9 cm³/mol. The first-order chi connectivity index (χ1) is 6.24. The fraction of sp³-hybridized carbons (Fsp3) is 0.200. The van der Waals surface area contributed by atoms with Crippen LogP contribution >= 0.6 is 15.9 Å². The molecule has 0 radical (unpaired) electrons. The molecule has 1 rings (SSSR count). The molecule has 1 aromatic rings. The third kappa shape index (κ3) is 3.00. The lowest BCUT2D eigenvalue weighted by molar-refractivity contribution is 0.101. The van der Waals surface area contributed by atoms with Crippen LogP contribution in [0.4, 0.5) is 0 Å². The molecule has 2 nitrogen and oxygen atoms in total. The Morgan fingerprint density at radius 3 is 2.85 bits per heavy atom. The van der Waals surface area contributed by atoms with Gasteiger partial charge in [0, 0.05) is 11.8 Å². The van der Waals surface area contributed by atoms with Crippen molar-refractivity contribution in [2.75, 3.05) is 5.33 Å². The Bertz CT molecular complexity index is 359. The Morgan fingerprint density at radius 1 is 1.62 bits per heavy atom. The van der Waals surface area contributed by atoms with Crippen LogP contribution in [0.5, 0.6) is 0 Å². The zero-order valence-corrected chi connectivity index (χ0v) is 8.76. The van der Waals surface area contributed by atoms with Gasteiger partial charge in [0.15, 0.2) is 5.78 Å². The van der Waals surface area contributed by atoms with Gasteiger partial charge in [0.25, 0.3) is 0 Å². The summed E-state index contributed by atoms with van der Waals surface area (Å²) in [6.45, 7) is 1.51. The Hall–Kier alpha value is -1.14. The van der Waals surface area contributed by atoms with Crippen molar-refractivity contribution in [1.29, 1.82) is 0 Å². The van der Waals surface area contributed by atoms with Gasteiger partial charge in [-0.3, -0.25) is 4.79 Å². The number of Topliss-reactive ketones (excluding diaryl/α,β-unsaturated/α-hetero) is 1. The van der Waals surface area contributed by atoms with Gasteiger partial charge in [-0.05, 0) is 25.0 Å². The van der Waals surface area contributed by atoms with Crippen molar-refractivity contribution < 1.29 is 4.79 Å². The van der Waals surface area contributed by atoms with Crippen molar-refractivity contribution in [3.8, 4) is 11.8 Å². The van der Waals surface area contributed by atoms with Gasteiger partial charge in [-0.25, -0.2) is 4.98 Å². The molecule has 0 atom stereocenters. The van der Waals surface area contributed by atoms with Crippen LogP contribution in [-0.2, 0) is 0 Å². The fourth-order valence-corrected chi connectivity index (χ4v) is 0.940. The lowest BCUT2D eigenvalue weighted by Gasteiger charge is -1.93. The zero-order valence-electron chi connectivity index (χ0n) is 7.17. The summed E-state index contributed by atoms with van der Waals surface area (Å²) in [7, 11) is 0. The van der Waals surface area contributed by atoms with E-state index < -0.39 is 0 Å². The second-order valence-corrected chi connectivity index (χ2v) is 2.98. The van der Waals surface area contributed by atoms with Crippen molar-refractivity contribution in [1.82, 2.24) is 4.98 Å². The molecule has 66 valence electrons. The molecule has 1 aromatic heterocycles. The Balaban J connectivity index is 2.87. The third-order valence-electron chi connectivity index (χ3n) is 1.45. The van der Waals surface area contributed by atoms with E-state index in [4.69, 9.17) is 0 Å². The topological polar surface area (TPSA) is 30.0 Å². The van der Waals surface area contributed by atoms with Gasteiger partial charge in [0.05, 0.1) is 5.33 Å². The minimum absolute atomic E-state index is 0.0208. The molecule has 0 unspecified atom stereocenters. The summed E-state index contributed by atoms with van der Waals surface area (Å²) in [4.78, 5) is 14.9. The van der Waals surface area contributed by atoms with Crippen LogP contribution in [0.3, 0.4) is 0 Å². The van der Waals surface area contributed by atoms with Crippen LogP contribution in [0.25, 0.3) is 0 Å². The third-order valence-corrected chi connectivity index (χ3v) is 1.73. The SMILES string of the molecule is CC(=O)c1ccc(C#CCBr)nc1. The van der Waals surface area contributed by atoms with Gasteiger partial charge in [-0.1, -0.05) is 21.9 Å². The molecule has 1 heterocycles. The molecule has 0 fully saturated rings. The van der Waals surface area contributed by atoms with Crippen LogP contribution < -0.4 is 0 Å². The van der Waals surface area contributed by atoms with Crippen LogP contribution in [0.1, 0.15) is 23.0 Å². The van der Waals surface area contributed by atoms with Crippen molar-refractivity contribution in [2.45, 2.75) is 6.92 Å². The molecular weight excluding hydrogens is 230 g/mol. The maximum atomic E-state index is 10.9. The van der Waals surface area contributed by atoms with E-state index in [9.17, 15) is 4.79 Å². The minimum atomic E-state index is 0.0208. The molecule has 0 aliphatic carbocycles. The summed E-state index contributed by atoms with van der Waals surface area (Å²) in [5.74, 6) is 5.69. The minimum Gasteiger partial charge on any atom is -0.294 e. The van der Waals surface area contributed by atoms with Gasteiger partial charge < -0.3 is 0 Å². The number of nitrogens with zero attached hydrogens (tertiary/aromatic N) is 1. The normalized spacial score (nSPS) is 8.77. The average molecular weight is 238 g/mol. The van der Waals surface area contributed by atoms with E-state index in [-0.39, 0.29) is 5.78 Å². The molecule has 0 aromatic carbocycles. The molecule has 13 heavy (non-hydrogen) atoms. The summed E-state index contributed by atoms with van der Waals surface area (Å²) in [6.07, 6.45) is 1.54. The van der Waals surface area contributed by atoms with Crippen LogP contribution in [0, 0.1) is 11.8 Å². The molecule has 0 aliphatic rings. The number of carbonyl (C=O) groups is 1. The van der Waals surface area contributed by atoms with Crippen LogP contribution in [-0.4, -0.2) is 16.1 Å². The number of carbonyl (C=O) groups excluding carboxylic acids is 1. The summed E-state index contributed by atoms with van der Waals surface area (Å²) in [5, 5.41) is 0.628. The van der Waals surface area contributed by atoms with Gasteiger partial charge in [0.1, 0.15) is 5.69 Å². The van der Waals surface area contributed by atoms with Crippen LogP contribution in [0.2, 0.25) is 0 Å². The Morgan fingerprint density at radius 2 is 2.38 bits per heavy atom. The van der Waals surface area contributed by atoms with Gasteiger partial charge in [0.2, 0.25) is 0 Å². The number of hydrogen-bond donors (Lipinski definition) is 0. The lowest BCUT2D eigenvalue weighted by Crippen LogP contribution is -1.93. The van der Waals surface area contributed by atoms with Gasteiger partial charge in [-0.2, -0.15) is 0 Å². The Kier molecular flexibility index (Phi) is 3.66. The number of rotatable bonds is 1. The summed E-state index contributed by atoms with van der Waals surface area (Å²) < 4.78 is 0. The molecule has 0 spiro atoms. The highest BCUT2D eigenvalue weighted by molar-refractivity contribution is 9.09. The molecule has 0 bridgehead atoms. The number of pyridine rings is 1. The Labute approximate surface area is 85.5 Å². The molecule has 0 saturated carbocycles. The maximum Gasteiger partial charge on any atom is 0.161 e. The van der Waals surface area contributed by atoms with Gasteiger partial charge >= 0.3 is 0 Å². The second-order valence-electron chi connectivity index (χ2n) is 2.42. The van der Waals surface area contributed by atoms with E-state index in [0.717, 1.165) is 0 Å². The van der Waals surface area contributed by atoms with Crippen molar-refractivity contribution in [3.05, 3.63) is 29.6 Å². The van der Waals surface area contributed by atoms with Crippen molar-refractivity contribution >= 4 is 21.7 Å². The summed E-state index contributed by atoms with van der Waals surface area (Å²) in [6, 6.07) is 3.47. The van der Waals surface area contributed by atoms with E-state index in [1.807, 2.05) is 0 Å². The smallest absolute Gasteiger partial charge is 0.161 e. The van der Waals surface area contributed by atoms with Crippen molar-refractivity contribution in [3.63, 3.8) is 0 Å². The standard InChI is InChI=1S/C10H8BrNO/c1-8(13)9-4-5-10(12-7-9)3-2-6-11/h4-5,7H,6H2,1H3. The fourth-order valence-electron chi connectivity index (χ4n) is 0.800. The van der Waals surface area contributed by atoms with Crippen molar-refractivity contribution in [2.24, 2.45) is 0 Å². The zero-order chi connectivity index (χ0) is 9.68. The molecule has 0 aliphatic heterocycles. The first kappa shape index (κ1) is 9.94. The maximum absolute atomic E-state index is 10.9. The van der Waals surface area contributed by atoms with E-state index in [0.29, 0.717) is 16.6 Å². The van der Waals surface area contributed by atoms with E-state index in [1.165, 1.54) is 6.92 Å². The van der Waals surface area contributed by atoms with E-state index >= 15 is 0 Å². The molecule has 0 N–H and O–H groups in total. The number of aromatic nitrogens is 1. The first-order valence-electron chi connectivity index (χ1n) is 3.76. The largest absolute Gasteiger partial charge is 0.294 e. The molecule has 3 heteroatoms. The highest BCUT2D eigenvalue weighted by atomic mass is 79.9. The van der Waals surface area contributed by atoms with Gasteiger partial charge in [-0.15, -0.1) is 0 Å². The first-order valence-corrected chi connectivity index (χ1v) is 4.88. The highest BCUT2D eigenvalue weighted by Crippen LogP contribution is 1.99. The quantitative estimate of drug-likeness (QED) is 0.425. The second kappa shape index (κ2) is 4.78. The number of hydrogen-bond acceptors (Lipinski definition) is 2. The monoisotopic (exact) mass is 237 g/mol. The highest BCUT2D eigenvalue weighted by Gasteiger charge is 1.97. The number of halogens is 1. The lowest BCUT2D eigenvalue weighted by atomic mass is 10.2.